The summed E-state index contributed by atoms with van der Waals surface area (Å²) < 4.78 is 6.04. The Hall–Kier alpha value is -2.75. The van der Waals surface area contributed by atoms with E-state index in [0.717, 1.165) is 22.5 Å². The van der Waals surface area contributed by atoms with Crippen molar-refractivity contribution in [3.8, 4) is 5.75 Å². The molecule has 22 heavy (non-hydrogen) atoms. The predicted molar refractivity (Wildman–Crippen MR) is 86.4 cm³/mol. The van der Waals surface area contributed by atoms with Crippen molar-refractivity contribution in [2.24, 2.45) is 0 Å². The van der Waals surface area contributed by atoms with Crippen molar-refractivity contribution < 1.29 is 9.53 Å². The zero-order valence-electron chi connectivity index (χ0n) is 12.4. The molecule has 2 aliphatic rings. The van der Waals surface area contributed by atoms with Crippen molar-refractivity contribution in [3.63, 3.8) is 0 Å². The molecule has 0 aromatic heterocycles. The van der Waals surface area contributed by atoms with E-state index in [4.69, 9.17) is 4.74 Å². The Morgan fingerprint density at radius 3 is 2.59 bits per heavy atom. The van der Waals surface area contributed by atoms with Crippen molar-refractivity contribution in [2.75, 3.05) is 10.6 Å². The summed E-state index contributed by atoms with van der Waals surface area (Å²) in [5, 5.41) is 6.48. The Bertz CT molecular complexity index is 824. The molecular formula is C18H16N2O2. The zero-order chi connectivity index (χ0) is 15.3. The van der Waals surface area contributed by atoms with Crippen molar-refractivity contribution in [1.82, 2.24) is 0 Å². The van der Waals surface area contributed by atoms with Crippen molar-refractivity contribution in [3.05, 3.63) is 64.9 Å². The Labute approximate surface area is 128 Å². The minimum atomic E-state index is -0.474. The predicted octanol–water partition coefficient (Wildman–Crippen LogP) is 3.63. The van der Waals surface area contributed by atoms with Gasteiger partial charge in [-0.1, -0.05) is 12.1 Å². The van der Waals surface area contributed by atoms with Gasteiger partial charge in [0.1, 0.15) is 5.75 Å². The molecule has 0 bridgehead atoms. The van der Waals surface area contributed by atoms with Crippen molar-refractivity contribution in [2.45, 2.75) is 20.1 Å². The Morgan fingerprint density at radius 2 is 1.77 bits per heavy atom. The molecule has 0 spiro atoms. The number of rotatable bonds is 0. The van der Waals surface area contributed by atoms with Crippen molar-refractivity contribution >= 4 is 17.2 Å². The van der Waals surface area contributed by atoms with Gasteiger partial charge in [-0.3, -0.25) is 4.79 Å². The van der Waals surface area contributed by atoms with Gasteiger partial charge in [0.15, 0.2) is 5.78 Å². The summed E-state index contributed by atoms with van der Waals surface area (Å²) in [5.74, 6) is 0.643. The van der Waals surface area contributed by atoms with Gasteiger partial charge in [-0.15, -0.1) is 0 Å². The fraction of sp³-hybridized carbons (Fsp3) is 0.167. The second kappa shape index (κ2) is 4.63. The number of carbonyl (C=O) groups is 1. The number of benzene rings is 2. The van der Waals surface area contributed by atoms with Gasteiger partial charge in [-0.05, 0) is 49.2 Å². The molecular weight excluding hydrogens is 276 g/mol. The maximum Gasteiger partial charge on any atom is 0.201 e. The van der Waals surface area contributed by atoms with Crippen LogP contribution in [0, 0.1) is 13.8 Å². The number of ketones is 1. The normalized spacial score (nSPS) is 18.5. The largest absolute Gasteiger partial charge is 0.465 e. The van der Waals surface area contributed by atoms with Crippen LogP contribution in [0.1, 0.15) is 21.5 Å². The zero-order valence-corrected chi connectivity index (χ0v) is 12.4. The fourth-order valence-corrected chi connectivity index (χ4v) is 2.81. The van der Waals surface area contributed by atoms with E-state index in [-0.39, 0.29) is 5.78 Å². The molecule has 0 fully saturated rings. The number of aryl methyl sites for hydroxylation is 2. The van der Waals surface area contributed by atoms with Gasteiger partial charge >= 0.3 is 0 Å². The number of hydrogen-bond donors (Lipinski definition) is 2. The molecule has 0 aliphatic carbocycles. The van der Waals surface area contributed by atoms with Crippen LogP contribution in [-0.4, -0.2) is 12.0 Å². The molecule has 110 valence electrons. The Balaban J connectivity index is 1.81. The summed E-state index contributed by atoms with van der Waals surface area (Å²) in [4.78, 5) is 12.8. The molecule has 2 aromatic carbocycles. The number of hydrogen-bond acceptors (Lipinski definition) is 4. The maximum atomic E-state index is 12.8. The number of fused-ring (bicyclic) bond motifs is 3. The quantitative estimate of drug-likeness (QED) is 0.778. The lowest BCUT2D eigenvalue weighted by atomic mass is 9.95. The second-order valence-corrected chi connectivity index (χ2v) is 5.69. The summed E-state index contributed by atoms with van der Waals surface area (Å²) in [6, 6.07) is 11.7. The lowest BCUT2D eigenvalue weighted by Crippen LogP contribution is -2.36. The summed E-state index contributed by atoms with van der Waals surface area (Å²) in [6.07, 6.45) is 1.27. The standard InChI is InChI=1S/C18H16N2O2/c1-10-7-12-16(8-11(10)2)22-18-13(17(12)21)9-19-14-5-3-4-6-15(14)20-18/h3-9,18-20H,1-2H3/t18-/m1/s1. The highest BCUT2D eigenvalue weighted by molar-refractivity contribution is 6.13. The van der Waals surface area contributed by atoms with E-state index >= 15 is 0 Å². The molecule has 4 heteroatoms. The van der Waals surface area contributed by atoms with E-state index in [1.54, 1.807) is 6.20 Å². The van der Waals surface area contributed by atoms with Gasteiger partial charge in [0.05, 0.1) is 22.5 Å². The minimum absolute atomic E-state index is 0.00200. The molecule has 2 heterocycles. The van der Waals surface area contributed by atoms with E-state index in [1.807, 2.05) is 50.2 Å². The minimum Gasteiger partial charge on any atom is -0.465 e. The summed E-state index contributed by atoms with van der Waals surface area (Å²) in [6.45, 7) is 4.02. The molecule has 0 radical (unpaired) electrons. The molecule has 2 N–H and O–H groups in total. The van der Waals surface area contributed by atoms with Crippen LogP contribution < -0.4 is 15.4 Å². The number of carbonyl (C=O) groups excluding carboxylic acids is 1. The Kier molecular flexibility index (Phi) is 2.73. The average molecular weight is 292 g/mol. The van der Waals surface area contributed by atoms with Crippen molar-refractivity contribution in [1.29, 1.82) is 0 Å². The fourth-order valence-electron chi connectivity index (χ4n) is 2.81. The third-order valence-electron chi connectivity index (χ3n) is 4.23. The van der Waals surface area contributed by atoms with Gasteiger partial charge in [0, 0.05) is 6.20 Å². The first-order chi connectivity index (χ1) is 10.6. The number of para-hydroxylation sites is 2. The van der Waals surface area contributed by atoms with E-state index in [9.17, 15) is 4.79 Å². The van der Waals surface area contributed by atoms with Crippen LogP contribution in [0.2, 0.25) is 0 Å². The first-order valence-electron chi connectivity index (χ1n) is 7.28. The summed E-state index contributed by atoms with van der Waals surface area (Å²) >= 11 is 0. The van der Waals surface area contributed by atoms with E-state index < -0.39 is 6.23 Å². The van der Waals surface area contributed by atoms with Crippen LogP contribution in [0.5, 0.6) is 5.75 Å². The molecule has 2 aromatic rings. The third kappa shape index (κ3) is 1.88. The first kappa shape index (κ1) is 13.0. The van der Waals surface area contributed by atoms with Crippen LogP contribution >= 0.6 is 0 Å². The van der Waals surface area contributed by atoms with E-state index in [0.29, 0.717) is 16.9 Å². The van der Waals surface area contributed by atoms with Crippen LogP contribution in [0.3, 0.4) is 0 Å². The maximum absolute atomic E-state index is 12.8. The summed E-state index contributed by atoms with van der Waals surface area (Å²) in [7, 11) is 0. The number of anilines is 2. The van der Waals surface area contributed by atoms with E-state index in [2.05, 4.69) is 10.6 Å². The molecule has 0 unspecified atom stereocenters. The van der Waals surface area contributed by atoms with E-state index in [1.165, 1.54) is 0 Å². The average Bonchev–Trinajstić information content (AvgIpc) is 2.69. The highest BCUT2D eigenvalue weighted by Crippen LogP contribution is 2.36. The van der Waals surface area contributed by atoms with Crippen LogP contribution in [0.15, 0.2) is 48.2 Å². The Morgan fingerprint density at radius 1 is 1.05 bits per heavy atom. The van der Waals surface area contributed by atoms with Crippen LogP contribution in [-0.2, 0) is 0 Å². The van der Waals surface area contributed by atoms with Gasteiger partial charge in [-0.25, -0.2) is 0 Å². The molecule has 1 atom stereocenters. The molecule has 0 saturated heterocycles. The highest BCUT2D eigenvalue weighted by Gasteiger charge is 2.33. The van der Waals surface area contributed by atoms with Gasteiger partial charge in [0.2, 0.25) is 6.23 Å². The molecule has 2 aliphatic heterocycles. The molecule has 4 nitrogen and oxygen atoms in total. The first-order valence-corrected chi connectivity index (χ1v) is 7.28. The lowest BCUT2D eigenvalue weighted by Gasteiger charge is -2.28. The van der Waals surface area contributed by atoms with Crippen LogP contribution in [0.4, 0.5) is 11.4 Å². The van der Waals surface area contributed by atoms with Gasteiger partial charge < -0.3 is 15.4 Å². The highest BCUT2D eigenvalue weighted by atomic mass is 16.5. The molecule has 0 amide bonds. The summed E-state index contributed by atoms with van der Waals surface area (Å²) in [5.41, 5.74) is 5.27. The monoisotopic (exact) mass is 292 g/mol. The van der Waals surface area contributed by atoms with Gasteiger partial charge in [0.25, 0.3) is 0 Å². The molecule has 0 saturated carbocycles. The second-order valence-electron chi connectivity index (χ2n) is 5.69. The SMILES string of the molecule is Cc1cc2c(cc1C)C(=O)C1=CNc3ccccc3N[C@@H]1O2. The lowest BCUT2D eigenvalue weighted by molar-refractivity contribution is 0.0974. The smallest absolute Gasteiger partial charge is 0.201 e. The topological polar surface area (TPSA) is 50.4 Å². The number of ether oxygens (including phenoxy) is 1. The molecule has 4 rings (SSSR count). The number of nitrogens with one attached hydrogen (secondary N) is 2. The third-order valence-corrected chi connectivity index (χ3v) is 4.23. The number of Topliss-reactive ketones (excluding diaryl/α,β-unsaturated/α-hetero) is 1. The van der Waals surface area contributed by atoms with Gasteiger partial charge in [-0.2, -0.15) is 0 Å². The van der Waals surface area contributed by atoms with Crippen LogP contribution in [0.25, 0.3) is 0 Å².